The molecule has 2 atom stereocenters. The molecule has 2 unspecified atom stereocenters. The Morgan fingerprint density at radius 2 is 0.753 bits per heavy atom. The van der Waals surface area contributed by atoms with Crippen molar-refractivity contribution in [1.82, 2.24) is 26.2 Å². The number of imide groups is 3. The van der Waals surface area contributed by atoms with Gasteiger partial charge >= 0.3 is 44.0 Å². The number of nitrogens with two attached hydrogens (primary N) is 3. The SMILES string of the molecule is CN.CO[Si](CCCN)(OC)OC.CO[Si](CCCN)(OC)OC.CO[Si](CCCNC1CC(=O)N(CCC[Si](OC)(OC)OC)C1=O)(OC)OC.CO[Si](CCCNC1CC(=O)NC1=O)(OC)OC.O=C1C=CC(=O)N1. The predicted molar refractivity (Wildman–Crippen MR) is 294 cm³/mol. The van der Waals surface area contributed by atoms with Crippen molar-refractivity contribution in [3.63, 3.8) is 0 Å². The number of nitrogens with zero attached hydrogens (tertiary/aromatic N) is 1. The van der Waals surface area contributed by atoms with Crippen LogP contribution >= 0.6 is 0 Å². The van der Waals surface area contributed by atoms with Crippen molar-refractivity contribution in [3.8, 4) is 0 Å². The monoisotopic (exact) mass is 1200 g/mol. The van der Waals surface area contributed by atoms with Crippen LogP contribution in [-0.2, 0) is 95.2 Å². The van der Waals surface area contributed by atoms with E-state index in [9.17, 15) is 28.8 Å². The topological polar surface area (TPSA) is 370 Å². The van der Waals surface area contributed by atoms with Gasteiger partial charge in [0.1, 0.15) is 0 Å². The molecule has 77 heavy (non-hydrogen) atoms. The third-order valence-corrected chi connectivity index (χ3v) is 26.0. The van der Waals surface area contributed by atoms with Gasteiger partial charge in [-0.1, -0.05) is 0 Å². The molecule has 6 amide bonds. The average molecular weight is 1200 g/mol. The molecule has 0 saturated carbocycles. The van der Waals surface area contributed by atoms with Gasteiger partial charge in [0.2, 0.25) is 23.6 Å². The van der Waals surface area contributed by atoms with E-state index in [4.69, 9.17) is 77.9 Å². The lowest BCUT2D eigenvalue weighted by atomic mass is 10.2. The van der Waals surface area contributed by atoms with E-state index in [-0.39, 0.29) is 48.3 Å². The lowest BCUT2D eigenvalue weighted by Gasteiger charge is -2.25. The molecule has 10 N–H and O–H groups in total. The highest BCUT2D eigenvalue weighted by atomic mass is 28.4. The molecule has 0 spiro atoms. The Labute approximate surface area is 462 Å². The number of likely N-dealkylation sites (tertiary alicyclic amines) is 1. The maximum absolute atomic E-state index is 12.5. The van der Waals surface area contributed by atoms with Gasteiger partial charge in [-0.25, -0.2) is 0 Å². The van der Waals surface area contributed by atoms with Gasteiger partial charge in [-0.05, 0) is 65.3 Å². The van der Waals surface area contributed by atoms with Crippen molar-refractivity contribution >= 4 is 79.5 Å². The molecule has 3 aliphatic rings. The first-order chi connectivity index (χ1) is 36.7. The summed E-state index contributed by atoms with van der Waals surface area (Å²) in [6.07, 6.45) is 6.55. The molecule has 454 valence electrons. The van der Waals surface area contributed by atoms with Gasteiger partial charge in [0.15, 0.2) is 0 Å². The molecule has 3 heterocycles. The highest BCUT2D eigenvalue weighted by molar-refractivity contribution is 6.62. The molecule has 3 rings (SSSR count). The number of hydrogen-bond acceptors (Lipinski definition) is 26. The molecule has 0 aromatic rings. The van der Waals surface area contributed by atoms with Crippen molar-refractivity contribution in [2.24, 2.45) is 17.2 Å². The van der Waals surface area contributed by atoms with E-state index in [1.54, 1.807) is 107 Å². The summed E-state index contributed by atoms with van der Waals surface area (Å²) in [6.45, 7) is 2.79. The van der Waals surface area contributed by atoms with Crippen LogP contribution in [0.3, 0.4) is 0 Å². The Balaban J connectivity index is -0.000000957. The van der Waals surface area contributed by atoms with Gasteiger partial charge in [-0.2, -0.15) is 0 Å². The zero-order chi connectivity index (χ0) is 59.6. The normalized spacial score (nSPS) is 16.5. The van der Waals surface area contributed by atoms with Crippen LogP contribution in [0.25, 0.3) is 0 Å². The molecule has 0 aliphatic carbocycles. The van der Waals surface area contributed by atoms with Crippen molar-refractivity contribution in [2.45, 2.75) is 87.2 Å². The Morgan fingerprint density at radius 1 is 0.455 bits per heavy atom. The summed E-state index contributed by atoms with van der Waals surface area (Å²) < 4.78 is 79.1. The zero-order valence-electron chi connectivity index (χ0n) is 48.6. The number of hydrogen-bond donors (Lipinski definition) is 7. The van der Waals surface area contributed by atoms with Gasteiger partial charge in [-0.3, -0.25) is 44.3 Å². The van der Waals surface area contributed by atoms with Crippen LogP contribution in [0, 0.1) is 0 Å². The van der Waals surface area contributed by atoms with Crippen molar-refractivity contribution < 1.29 is 95.2 Å². The van der Waals surface area contributed by atoms with Crippen LogP contribution < -0.4 is 38.5 Å². The van der Waals surface area contributed by atoms with E-state index in [0.717, 1.165) is 31.4 Å². The fourth-order valence-electron chi connectivity index (χ4n) is 7.19. The van der Waals surface area contributed by atoms with Crippen LogP contribution in [0.15, 0.2) is 12.2 Å². The zero-order valence-corrected chi connectivity index (χ0v) is 53.6. The van der Waals surface area contributed by atoms with Crippen molar-refractivity contribution in [3.05, 3.63) is 12.2 Å². The van der Waals surface area contributed by atoms with Crippen LogP contribution in [0.4, 0.5) is 0 Å². The Hall–Kier alpha value is -2.56. The second kappa shape index (κ2) is 45.1. The Morgan fingerprint density at radius 3 is 1.01 bits per heavy atom. The van der Waals surface area contributed by atoms with Gasteiger partial charge in [-0.15, -0.1) is 0 Å². The number of rotatable bonds is 35. The summed E-state index contributed by atoms with van der Waals surface area (Å²) in [4.78, 5) is 68.4. The van der Waals surface area contributed by atoms with Gasteiger partial charge in [0.25, 0.3) is 11.8 Å². The van der Waals surface area contributed by atoms with Gasteiger partial charge in [0.05, 0.1) is 24.9 Å². The van der Waals surface area contributed by atoms with Gasteiger partial charge in [0, 0.05) is 156 Å². The fraction of sp³-hybridized carbons (Fsp3) is 0.814. The highest BCUT2D eigenvalue weighted by Crippen LogP contribution is 2.21. The number of amides is 6. The molecule has 29 nitrogen and oxygen atoms in total. The molecule has 3 aliphatic heterocycles. The minimum absolute atomic E-state index is 0.168. The minimum Gasteiger partial charge on any atom is -0.377 e. The second-order valence-electron chi connectivity index (χ2n) is 16.0. The summed E-state index contributed by atoms with van der Waals surface area (Å²) in [7, 11) is 12.7. The number of carbonyl (C=O) groups excluding carboxylic acids is 6. The quantitative estimate of drug-likeness (QED) is 0.0220. The maximum atomic E-state index is 12.5. The Kier molecular flexibility index (Phi) is 46.1. The molecular weight excluding hydrogens is 1100 g/mol. The average Bonchev–Trinajstić information content (AvgIpc) is 4.11. The minimum atomic E-state index is -2.70. The van der Waals surface area contributed by atoms with Gasteiger partial charge < -0.3 is 94.2 Å². The van der Waals surface area contributed by atoms with E-state index < -0.39 is 56.1 Å². The molecule has 0 aromatic heterocycles. The summed E-state index contributed by atoms with van der Waals surface area (Å²) in [5.74, 6) is -1.51. The maximum Gasteiger partial charge on any atom is 0.500 e. The fourth-order valence-corrected chi connectivity index (χ4v) is 15.8. The molecule has 0 radical (unpaired) electrons. The Bertz CT molecular complexity index is 1570. The highest BCUT2D eigenvalue weighted by Gasteiger charge is 2.43. The molecule has 0 aromatic carbocycles. The van der Waals surface area contributed by atoms with Crippen LogP contribution in [-0.4, -0.2) is 243 Å². The van der Waals surface area contributed by atoms with Crippen LogP contribution in [0.2, 0.25) is 30.2 Å². The molecule has 2 fully saturated rings. The number of carbonyl (C=O) groups is 6. The van der Waals surface area contributed by atoms with E-state index in [1.807, 2.05) is 5.32 Å². The van der Waals surface area contributed by atoms with E-state index >= 15 is 0 Å². The summed E-state index contributed by atoms with van der Waals surface area (Å²) in [5.41, 5.74) is 15.2. The smallest absolute Gasteiger partial charge is 0.377 e. The van der Waals surface area contributed by atoms with Crippen LogP contribution in [0.1, 0.15) is 44.9 Å². The molecule has 34 heteroatoms. The standard InChI is InChI=1S/C16H34N2O8Si2.C10H20N2O5Si.2C6H17NO3Si.C4H3NO2.CH5N/c1-21-27(22-2,23-3)11-7-9-17-14-13-15(19)18(16(14)20)10-8-12-28(24-4,25-5)26-6;1-15-18(16-2,17-3)6-4-5-11-8-7-9(13)12-10(8)14;2*1-8-11(9-2,10-3)6-4-5-7;6-3-1-2-4(7)5-3;1-2/h14,17H,7-13H2,1-6H3;8,11H,4-7H2,1-3H3,(H,12,13,14);2*4-7H2,1-3H3;1-2H,(H,5,6,7);2H2,1H3. The summed E-state index contributed by atoms with van der Waals surface area (Å²) in [5, 5.41) is 10.5. The summed E-state index contributed by atoms with van der Waals surface area (Å²) >= 11 is 0. The third-order valence-electron chi connectivity index (χ3n) is 11.8. The first kappa shape index (κ1) is 78.7. The lowest BCUT2D eigenvalue weighted by Crippen LogP contribution is -2.45. The predicted octanol–water partition coefficient (Wildman–Crippen LogP) is -1.30. The molecular formula is C43H96N8O21Si5. The third kappa shape index (κ3) is 29.6. The molecule has 2 saturated heterocycles. The first-order valence-electron chi connectivity index (χ1n) is 24.6. The van der Waals surface area contributed by atoms with E-state index in [1.165, 1.54) is 24.1 Å². The largest absolute Gasteiger partial charge is 0.500 e. The second-order valence-corrected chi connectivity index (χ2v) is 31.4. The van der Waals surface area contributed by atoms with E-state index in [0.29, 0.717) is 63.7 Å². The molecule has 0 bridgehead atoms. The number of nitrogens with one attached hydrogen (secondary N) is 4. The summed E-state index contributed by atoms with van der Waals surface area (Å²) in [6, 6.07) is 2.47. The lowest BCUT2D eigenvalue weighted by molar-refractivity contribution is -0.139. The first-order valence-corrected chi connectivity index (χ1v) is 34.3. The van der Waals surface area contributed by atoms with Crippen molar-refractivity contribution in [2.75, 3.05) is 146 Å². The van der Waals surface area contributed by atoms with Crippen molar-refractivity contribution in [1.29, 1.82) is 0 Å². The van der Waals surface area contributed by atoms with Crippen LogP contribution in [0.5, 0.6) is 0 Å². The van der Waals surface area contributed by atoms with E-state index in [2.05, 4.69) is 21.7 Å².